The highest BCUT2D eigenvalue weighted by atomic mass is 16.3. The average Bonchev–Trinajstić information content (AvgIpc) is 2.89. The number of aliphatic imine (C=N–C) groups is 1. The summed E-state index contributed by atoms with van der Waals surface area (Å²) in [6.45, 7) is 5.60. The highest BCUT2D eigenvalue weighted by Gasteiger charge is 2.04. The minimum atomic E-state index is -0.108. The second kappa shape index (κ2) is 8.18. The molecule has 0 aliphatic rings. The third kappa shape index (κ3) is 6.49. The topological polar surface area (TPSA) is 78.7 Å². The molecule has 3 N–H and O–H groups in total. The van der Waals surface area contributed by atoms with E-state index in [1.165, 1.54) is 0 Å². The molecule has 6 nitrogen and oxygen atoms in total. The lowest BCUT2D eigenvalue weighted by atomic mass is 10.2. The van der Waals surface area contributed by atoms with E-state index in [9.17, 15) is 4.79 Å². The summed E-state index contributed by atoms with van der Waals surface area (Å²) in [6, 6.07) is 3.61. The molecular formula is C13H22N4O2. The van der Waals surface area contributed by atoms with E-state index in [0.29, 0.717) is 18.4 Å². The predicted molar refractivity (Wildman–Crippen MR) is 74.8 cm³/mol. The number of nitrogens with one attached hydrogen (secondary N) is 3. The van der Waals surface area contributed by atoms with E-state index in [4.69, 9.17) is 4.42 Å². The number of carbonyl (C=O) groups excluding carboxylic acids is 1. The zero-order valence-electron chi connectivity index (χ0n) is 11.7. The van der Waals surface area contributed by atoms with Crippen molar-refractivity contribution in [2.45, 2.75) is 20.4 Å². The van der Waals surface area contributed by atoms with Crippen molar-refractivity contribution in [3.05, 3.63) is 24.2 Å². The summed E-state index contributed by atoms with van der Waals surface area (Å²) in [5.41, 5.74) is 0. The van der Waals surface area contributed by atoms with Gasteiger partial charge >= 0.3 is 0 Å². The van der Waals surface area contributed by atoms with E-state index >= 15 is 0 Å². The summed E-state index contributed by atoms with van der Waals surface area (Å²) in [4.78, 5) is 15.6. The van der Waals surface area contributed by atoms with Crippen molar-refractivity contribution in [1.29, 1.82) is 0 Å². The molecule has 0 aliphatic heterocycles. The van der Waals surface area contributed by atoms with Gasteiger partial charge in [0.15, 0.2) is 5.96 Å². The number of hydrogen-bond donors (Lipinski definition) is 3. The maximum Gasteiger partial charge on any atom is 0.239 e. The van der Waals surface area contributed by atoms with Crippen LogP contribution in [0.5, 0.6) is 0 Å². The van der Waals surface area contributed by atoms with Gasteiger partial charge in [-0.05, 0) is 18.1 Å². The fourth-order valence-corrected chi connectivity index (χ4v) is 1.35. The summed E-state index contributed by atoms with van der Waals surface area (Å²) in [7, 11) is 1.68. The van der Waals surface area contributed by atoms with Crippen LogP contribution in [-0.2, 0) is 11.3 Å². The number of nitrogens with zero attached hydrogens (tertiary/aromatic N) is 1. The quantitative estimate of drug-likeness (QED) is 0.523. The molecule has 19 heavy (non-hydrogen) atoms. The van der Waals surface area contributed by atoms with Crippen molar-refractivity contribution in [3.63, 3.8) is 0 Å². The van der Waals surface area contributed by atoms with Crippen molar-refractivity contribution in [2.24, 2.45) is 10.9 Å². The van der Waals surface area contributed by atoms with Crippen LogP contribution in [0.2, 0.25) is 0 Å². The number of hydrogen-bond acceptors (Lipinski definition) is 3. The summed E-state index contributed by atoms with van der Waals surface area (Å²) in [5.74, 6) is 1.77. The first-order chi connectivity index (χ1) is 9.11. The Kier molecular flexibility index (Phi) is 6.49. The second-order valence-electron chi connectivity index (χ2n) is 4.56. The summed E-state index contributed by atoms with van der Waals surface area (Å²) < 4.78 is 5.12. The number of furan rings is 1. The van der Waals surface area contributed by atoms with Gasteiger partial charge in [-0.15, -0.1) is 0 Å². The van der Waals surface area contributed by atoms with Crippen LogP contribution in [0.1, 0.15) is 19.6 Å². The maximum absolute atomic E-state index is 11.6. The first-order valence-electron chi connectivity index (χ1n) is 6.35. The Morgan fingerprint density at radius 1 is 1.37 bits per heavy atom. The molecule has 1 amide bonds. The maximum atomic E-state index is 11.6. The molecule has 0 spiro atoms. The second-order valence-corrected chi connectivity index (χ2v) is 4.56. The third-order valence-corrected chi connectivity index (χ3v) is 2.36. The van der Waals surface area contributed by atoms with Crippen molar-refractivity contribution in [3.8, 4) is 0 Å². The molecule has 1 heterocycles. The standard InChI is InChI=1S/C13H22N4O2/c1-10(2)7-16-13(14-3)17-9-12(18)15-8-11-5-4-6-19-11/h4-6,10H,7-9H2,1-3H3,(H,15,18)(H2,14,16,17). The minimum absolute atomic E-state index is 0.108. The smallest absolute Gasteiger partial charge is 0.239 e. The van der Waals surface area contributed by atoms with Crippen molar-refractivity contribution in [1.82, 2.24) is 16.0 Å². The molecule has 1 rings (SSSR count). The zero-order chi connectivity index (χ0) is 14.1. The number of carbonyl (C=O) groups is 1. The average molecular weight is 266 g/mol. The summed E-state index contributed by atoms with van der Waals surface area (Å²) in [6.07, 6.45) is 1.58. The van der Waals surface area contributed by atoms with E-state index < -0.39 is 0 Å². The first kappa shape index (κ1) is 15.1. The molecule has 0 aromatic carbocycles. The number of guanidine groups is 1. The third-order valence-electron chi connectivity index (χ3n) is 2.36. The van der Waals surface area contributed by atoms with Gasteiger partial charge in [-0.25, -0.2) is 0 Å². The molecule has 106 valence electrons. The molecule has 0 radical (unpaired) electrons. The molecule has 0 bridgehead atoms. The Hall–Kier alpha value is -1.98. The molecule has 0 fully saturated rings. The Bertz CT molecular complexity index is 399. The van der Waals surface area contributed by atoms with E-state index in [2.05, 4.69) is 34.8 Å². The normalized spacial score (nSPS) is 11.5. The van der Waals surface area contributed by atoms with Gasteiger partial charge in [0.1, 0.15) is 5.76 Å². The van der Waals surface area contributed by atoms with Crippen molar-refractivity contribution in [2.75, 3.05) is 20.1 Å². The van der Waals surface area contributed by atoms with E-state index in [1.54, 1.807) is 19.4 Å². The van der Waals surface area contributed by atoms with Gasteiger partial charge in [0.05, 0.1) is 19.4 Å². The van der Waals surface area contributed by atoms with Crippen LogP contribution in [0.4, 0.5) is 0 Å². The van der Waals surface area contributed by atoms with Gasteiger partial charge in [0, 0.05) is 13.6 Å². The monoisotopic (exact) mass is 266 g/mol. The SMILES string of the molecule is CN=C(NCC(=O)NCc1ccco1)NCC(C)C. The Morgan fingerprint density at radius 3 is 2.74 bits per heavy atom. The van der Waals surface area contributed by atoms with Crippen LogP contribution in [0.3, 0.4) is 0 Å². The van der Waals surface area contributed by atoms with Crippen LogP contribution in [0.15, 0.2) is 27.8 Å². The lowest BCUT2D eigenvalue weighted by Gasteiger charge is -2.13. The van der Waals surface area contributed by atoms with Gasteiger partial charge in [0.2, 0.25) is 5.91 Å². The highest BCUT2D eigenvalue weighted by Crippen LogP contribution is 1.97. The van der Waals surface area contributed by atoms with E-state index in [-0.39, 0.29) is 12.5 Å². The summed E-state index contributed by atoms with van der Waals surface area (Å²) >= 11 is 0. The molecular weight excluding hydrogens is 244 g/mol. The number of amides is 1. The Morgan fingerprint density at radius 2 is 2.16 bits per heavy atom. The molecule has 6 heteroatoms. The molecule has 0 atom stereocenters. The van der Waals surface area contributed by atoms with Crippen LogP contribution in [0, 0.1) is 5.92 Å². The van der Waals surface area contributed by atoms with Gasteiger partial charge in [-0.2, -0.15) is 0 Å². The molecule has 0 unspecified atom stereocenters. The molecule has 0 saturated carbocycles. The van der Waals surface area contributed by atoms with Gasteiger partial charge in [-0.1, -0.05) is 13.8 Å². The van der Waals surface area contributed by atoms with Gasteiger partial charge in [0.25, 0.3) is 0 Å². The van der Waals surface area contributed by atoms with Crippen LogP contribution >= 0.6 is 0 Å². The minimum Gasteiger partial charge on any atom is -0.467 e. The van der Waals surface area contributed by atoms with Crippen LogP contribution in [-0.4, -0.2) is 32.0 Å². The Balaban J connectivity index is 2.21. The van der Waals surface area contributed by atoms with E-state index in [0.717, 1.165) is 12.3 Å². The first-order valence-corrected chi connectivity index (χ1v) is 6.35. The fraction of sp³-hybridized carbons (Fsp3) is 0.538. The Labute approximate surface area is 113 Å². The predicted octanol–water partition coefficient (Wildman–Crippen LogP) is 0.717. The van der Waals surface area contributed by atoms with Gasteiger partial charge < -0.3 is 20.4 Å². The molecule has 1 aromatic heterocycles. The van der Waals surface area contributed by atoms with Gasteiger partial charge in [-0.3, -0.25) is 9.79 Å². The van der Waals surface area contributed by atoms with Crippen LogP contribution < -0.4 is 16.0 Å². The molecule has 0 aliphatic carbocycles. The molecule has 0 saturated heterocycles. The fourth-order valence-electron chi connectivity index (χ4n) is 1.35. The van der Waals surface area contributed by atoms with Crippen molar-refractivity contribution >= 4 is 11.9 Å². The van der Waals surface area contributed by atoms with Crippen molar-refractivity contribution < 1.29 is 9.21 Å². The highest BCUT2D eigenvalue weighted by molar-refractivity contribution is 5.86. The largest absolute Gasteiger partial charge is 0.467 e. The number of rotatable bonds is 6. The lowest BCUT2D eigenvalue weighted by molar-refractivity contribution is -0.120. The molecule has 1 aromatic rings. The zero-order valence-corrected chi connectivity index (χ0v) is 11.7. The van der Waals surface area contributed by atoms with Crippen LogP contribution in [0.25, 0.3) is 0 Å². The van der Waals surface area contributed by atoms with E-state index in [1.807, 2.05) is 6.07 Å². The lowest BCUT2D eigenvalue weighted by Crippen LogP contribution is -2.43. The summed E-state index contributed by atoms with van der Waals surface area (Å²) in [5, 5.41) is 8.84.